The summed E-state index contributed by atoms with van der Waals surface area (Å²) in [5.74, 6) is 0.782. The SMILES string of the molecule is CCC(C)C[N-]C. The van der Waals surface area contributed by atoms with Gasteiger partial charge in [0, 0.05) is 0 Å². The molecule has 44 valence electrons. The molecule has 0 aromatic rings. The fourth-order valence-electron chi connectivity index (χ4n) is 0.441. The predicted octanol–water partition coefficient (Wildman–Crippen LogP) is 2.04. The van der Waals surface area contributed by atoms with E-state index in [2.05, 4.69) is 19.2 Å². The van der Waals surface area contributed by atoms with Gasteiger partial charge in [0.05, 0.1) is 0 Å². The minimum Gasteiger partial charge on any atom is -0.665 e. The molecule has 1 nitrogen and oxygen atoms in total. The highest BCUT2D eigenvalue weighted by molar-refractivity contribution is 4.72. The maximum Gasteiger partial charge on any atom is -0.0552 e. The molecule has 0 amide bonds. The average Bonchev–Trinajstić information content (AvgIpc) is 1.68. The fourth-order valence-corrected chi connectivity index (χ4v) is 0.441. The molecule has 0 heterocycles. The van der Waals surface area contributed by atoms with Crippen molar-refractivity contribution in [2.24, 2.45) is 5.92 Å². The lowest BCUT2D eigenvalue weighted by Gasteiger charge is -2.16. The Labute approximate surface area is 46.1 Å². The lowest BCUT2D eigenvalue weighted by atomic mass is 10.1. The molecule has 0 aliphatic carbocycles. The van der Waals surface area contributed by atoms with Crippen LogP contribution in [0.3, 0.4) is 0 Å². The summed E-state index contributed by atoms with van der Waals surface area (Å²) in [5.41, 5.74) is 0. The van der Waals surface area contributed by atoms with Crippen molar-refractivity contribution < 1.29 is 0 Å². The quantitative estimate of drug-likeness (QED) is 0.515. The molecule has 0 aliphatic heterocycles. The Kier molecular flexibility index (Phi) is 4.10. The van der Waals surface area contributed by atoms with E-state index < -0.39 is 0 Å². The highest BCUT2D eigenvalue weighted by Gasteiger charge is 1.85. The van der Waals surface area contributed by atoms with Crippen LogP contribution in [-0.4, -0.2) is 13.6 Å². The molecule has 0 N–H and O–H groups in total. The molecule has 0 saturated carbocycles. The minimum atomic E-state index is 0.782. The molecule has 0 bridgehead atoms. The molecule has 0 aliphatic rings. The summed E-state index contributed by atoms with van der Waals surface area (Å²) in [6.07, 6.45) is 1.25. The highest BCUT2D eigenvalue weighted by Crippen LogP contribution is 2.01. The zero-order valence-corrected chi connectivity index (χ0v) is 5.44. The van der Waals surface area contributed by atoms with E-state index in [0.717, 1.165) is 12.5 Å². The molecule has 0 rings (SSSR count). The van der Waals surface area contributed by atoms with Gasteiger partial charge in [-0.15, -0.1) is 6.54 Å². The van der Waals surface area contributed by atoms with Gasteiger partial charge in [-0.05, 0) is 0 Å². The average molecular weight is 100 g/mol. The maximum atomic E-state index is 4.01. The summed E-state index contributed by atoms with van der Waals surface area (Å²) in [4.78, 5) is 0. The Morgan fingerprint density at radius 2 is 2.14 bits per heavy atom. The fraction of sp³-hybridized carbons (Fsp3) is 1.00. The molecule has 0 saturated heterocycles. The molecule has 0 aromatic heterocycles. The van der Waals surface area contributed by atoms with Crippen molar-refractivity contribution in [1.82, 2.24) is 0 Å². The topological polar surface area (TPSA) is 14.1 Å². The lowest BCUT2D eigenvalue weighted by Crippen LogP contribution is -1.96. The number of hydrogen-bond acceptors (Lipinski definition) is 0. The Hall–Kier alpha value is -0.0400. The van der Waals surface area contributed by atoms with Crippen LogP contribution in [0.15, 0.2) is 0 Å². The molecule has 0 radical (unpaired) electrons. The van der Waals surface area contributed by atoms with Crippen molar-refractivity contribution in [3.05, 3.63) is 5.32 Å². The summed E-state index contributed by atoms with van der Waals surface area (Å²) in [6, 6.07) is 0. The van der Waals surface area contributed by atoms with E-state index in [4.69, 9.17) is 0 Å². The van der Waals surface area contributed by atoms with Gasteiger partial charge < -0.3 is 5.32 Å². The first-order valence-electron chi connectivity index (χ1n) is 2.86. The Morgan fingerprint density at radius 1 is 1.57 bits per heavy atom. The monoisotopic (exact) mass is 100 g/mol. The van der Waals surface area contributed by atoms with Crippen LogP contribution in [0.5, 0.6) is 0 Å². The number of nitrogens with zero attached hydrogens (tertiary/aromatic N) is 1. The number of rotatable bonds is 3. The molecule has 0 aromatic carbocycles. The molecule has 0 spiro atoms. The van der Waals surface area contributed by atoms with E-state index in [1.165, 1.54) is 6.42 Å². The summed E-state index contributed by atoms with van der Waals surface area (Å²) >= 11 is 0. The smallest absolute Gasteiger partial charge is 0.0552 e. The highest BCUT2D eigenvalue weighted by atomic mass is 14.8. The van der Waals surface area contributed by atoms with Crippen LogP contribution in [0, 0.1) is 5.92 Å². The van der Waals surface area contributed by atoms with Gasteiger partial charge in [-0.25, -0.2) is 0 Å². The zero-order valence-electron chi connectivity index (χ0n) is 5.44. The van der Waals surface area contributed by atoms with E-state index >= 15 is 0 Å². The van der Waals surface area contributed by atoms with Gasteiger partial charge in [-0.1, -0.05) is 26.2 Å². The van der Waals surface area contributed by atoms with E-state index in [1.54, 1.807) is 0 Å². The summed E-state index contributed by atoms with van der Waals surface area (Å²) in [6.45, 7) is 5.43. The van der Waals surface area contributed by atoms with Gasteiger partial charge in [0.15, 0.2) is 0 Å². The minimum absolute atomic E-state index is 0.782. The molecule has 1 unspecified atom stereocenters. The van der Waals surface area contributed by atoms with Crippen LogP contribution in [-0.2, 0) is 0 Å². The van der Waals surface area contributed by atoms with Crippen molar-refractivity contribution in [1.29, 1.82) is 0 Å². The Bertz CT molecular complexity index is 35.2. The van der Waals surface area contributed by atoms with Crippen molar-refractivity contribution in [3.8, 4) is 0 Å². The molecule has 1 atom stereocenters. The van der Waals surface area contributed by atoms with Crippen LogP contribution >= 0.6 is 0 Å². The normalized spacial score (nSPS) is 14.1. The largest absolute Gasteiger partial charge is 0.665 e. The van der Waals surface area contributed by atoms with Gasteiger partial charge in [0.1, 0.15) is 0 Å². The van der Waals surface area contributed by atoms with Crippen LogP contribution < -0.4 is 0 Å². The Balaban J connectivity index is 2.83. The second-order valence-corrected chi connectivity index (χ2v) is 2.01. The first-order chi connectivity index (χ1) is 3.31. The predicted molar refractivity (Wildman–Crippen MR) is 33.6 cm³/mol. The van der Waals surface area contributed by atoms with Crippen LogP contribution in [0.25, 0.3) is 5.32 Å². The summed E-state index contributed by atoms with van der Waals surface area (Å²) in [5, 5.41) is 4.01. The van der Waals surface area contributed by atoms with E-state index in [0.29, 0.717) is 0 Å². The van der Waals surface area contributed by atoms with Crippen molar-refractivity contribution in [2.45, 2.75) is 20.3 Å². The molecule has 1 heteroatoms. The second kappa shape index (κ2) is 4.13. The molecular formula is C6H14N-. The van der Waals surface area contributed by atoms with Gasteiger partial charge in [-0.2, -0.15) is 7.05 Å². The second-order valence-electron chi connectivity index (χ2n) is 2.01. The first-order valence-corrected chi connectivity index (χ1v) is 2.86. The van der Waals surface area contributed by atoms with Crippen molar-refractivity contribution in [3.63, 3.8) is 0 Å². The van der Waals surface area contributed by atoms with Gasteiger partial charge >= 0.3 is 0 Å². The van der Waals surface area contributed by atoms with Gasteiger partial charge in [0.2, 0.25) is 0 Å². The van der Waals surface area contributed by atoms with Crippen LogP contribution in [0.4, 0.5) is 0 Å². The maximum absolute atomic E-state index is 4.01. The van der Waals surface area contributed by atoms with Gasteiger partial charge in [0.25, 0.3) is 0 Å². The third-order valence-electron chi connectivity index (χ3n) is 1.19. The third-order valence-corrected chi connectivity index (χ3v) is 1.19. The van der Waals surface area contributed by atoms with E-state index in [9.17, 15) is 0 Å². The van der Waals surface area contributed by atoms with E-state index in [-0.39, 0.29) is 0 Å². The first kappa shape index (κ1) is 6.96. The zero-order chi connectivity index (χ0) is 5.70. The third kappa shape index (κ3) is 3.80. The standard InChI is InChI=1S/C6H14N/c1-4-6(2)5-7-3/h6H,4-5H2,1-3H3/q-1. The molecule has 0 fully saturated rings. The molecular weight excluding hydrogens is 86.1 g/mol. The van der Waals surface area contributed by atoms with Crippen molar-refractivity contribution >= 4 is 0 Å². The molecule has 7 heavy (non-hydrogen) atoms. The lowest BCUT2D eigenvalue weighted by molar-refractivity contribution is 0.601. The Morgan fingerprint density at radius 3 is 2.29 bits per heavy atom. The summed E-state index contributed by atoms with van der Waals surface area (Å²) < 4.78 is 0. The van der Waals surface area contributed by atoms with Crippen LogP contribution in [0.1, 0.15) is 20.3 Å². The summed E-state index contributed by atoms with van der Waals surface area (Å²) in [7, 11) is 1.87. The van der Waals surface area contributed by atoms with E-state index in [1.807, 2.05) is 7.05 Å². The van der Waals surface area contributed by atoms with Gasteiger partial charge in [-0.3, -0.25) is 0 Å². The van der Waals surface area contributed by atoms with Crippen LogP contribution in [0.2, 0.25) is 0 Å². The van der Waals surface area contributed by atoms with Crippen molar-refractivity contribution in [2.75, 3.05) is 13.6 Å². The number of hydrogen-bond donors (Lipinski definition) is 0.